The van der Waals surface area contributed by atoms with E-state index in [4.69, 9.17) is 12.2 Å². The van der Waals surface area contributed by atoms with Crippen LogP contribution in [0.3, 0.4) is 0 Å². The molecule has 0 unspecified atom stereocenters. The molecule has 0 aromatic heterocycles. The highest BCUT2D eigenvalue weighted by Gasteiger charge is 2.05. The average Bonchev–Trinajstić information content (AvgIpc) is 2.41. The molecular weight excluding hydrogens is 278 g/mol. The first-order chi connectivity index (χ1) is 9.56. The zero-order valence-corrected chi connectivity index (χ0v) is 11.7. The number of thiocarbonyl (C=S) groups is 1. The van der Waals surface area contributed by atoms with Crippen molar-refractivity contribution in [2.75, 3.05) is 5.32 Å². The monoisotopic (exact) mass is 292 g/mol. The van der Waals surface area contributed by atoms with E-state index in [0.717, 1.165) is 17.2 Å². The Balaban J connectivity index is 1.94. The van der Waals surface area contributed by atoms with Gasteiger partial charge in [0.1, 0.15) is 11.6 Å². The molecule has 0 amide bonds. The normalized spacial score (nSPS) is 10.2. The third-order valence-corrected chi connectivity index (χ3v) is 3.13. The summed E-state index contributed by atoms with van der Waals surface area (Å²) < 4.78 is 26.2. The number of benzene rings is 2. The molecule has 0 atom stereocenters. The van der Waals surface area contributed by atoms with Gasteiger partial charge in [-0.2, -0.15) is 0 Å². The minimum absolute atomic E-state index is 0.147. The highest BCUT2D eigenvalue weighted by Crippen LogP contribution is 2.14. The van der Waals surface area contributed by atoms with Crippen molar-refractivity contribution in [1.82, 2.24) is 5.32 Å². The molecule has 0 aliphatic rings. The van der Waals surface area contributed by atoms with Crippen LogP contribution in [-0.4, -0.2) is 5.11 Å². The number of nitrogens with one attached hydrogen (secondary N) is 2. The Hall–Kier alpha value is -2.01. The van der Waals surface area contributed by atoms with Crippen molar-refractivity contribution in [2.45, 2.75) is 13.5 Å². The molecule has 0 aliphatic carbocycles. The van der Waals surface area contributed by atoms with Crippen molar-refractivity contribution in [1.29, 1.82) is 0 Å². The maximum Gasteiger partial charge on any atom is 0.171 e. The maximum atomic E-state index is 13.4. The van der Waals surface area contributed by atoms with Crippen molar-refractivity contribution in [3.63, 3.8) is 0 Å². The lowest BCUT2D eigenvalue weighted by molar-refractivity contribution is 0.586. The van der Waals surface area contributed by atoms with Crippen LogP contribution in [-0.2, 0) is 6.54 Å². The van der Waals surface area contributed by atoms with Crippen molar-refractivity contribution in [3.8, 4) is 0 Å². The van der Waals surface area contributed by atoms with Crippen molar-refractivity contribution in [3.05, 3.63) is 65.2 Å². The Morgan fingerprint density at radius 3 is 2.60 bits per heavy atom. The fourth-order valence-electron chi connectivity index (χ4n) is 1.74. The molecule has 2 aromatic carbocycles. The second-order valence-corrected chi connectivity index (χ2v) is 4.77. The van der Waals surface area contributed by atoms with E-state index >= 15 is 0 Å². The summed E-state index contributed by atoms with van der Waals surface area (Å²) in [7, 11) is 0. The van der Waals surface area contributed by atoms with Gasteiger partial charge in [-0.3, -0.25) is 0 Å². The molecule has 2 N–H and O–H groups in total. The second-order valence-electron chi connectivity index (χ2n) is 4.36. The average molecular weight is 292 g/mol. The fourth-order valence-corrected chi connectivity index (χ4v) is 1.92. The number of hydrogen-bond acceptors (Lipinski definition) is 1. The molecule has 20 heavy (non-hydrogen) atoms. The Kier molecular flexibility index (Phi) is 4.63. The van der Waals surface area contributed by atoms with Gasteiger partial charge in [0.15, 0.2) is 5.11 Å². The van der Waals surface area contributed by atoms with Gasteiger partial charge >= 0.3 is 0 Å². The first-order valence-corrected chi connectivity index (χ1v) is 6.51. The lowest BCUT2D eigenvalue weighted by atomic mass is 10.1. The Labute approximate surface area is 121 Å². The highest BCUT2D eigenvalue weighted by atomic mass is 32.1. The first-order valence-electron chi connectivity index (χ1n) is 6.10. The molecule has 2 aromatic rings. The van der Waals surface area contributed by atoms with Gasteiger partial charge in [0.25, 0.3) is 0 Å². The second kappa shape index (κ2) is 6.43. The van der Waals surface area contributed by atoms with Crippen molar-refractivity contribution >= 4 is 23.0 Å². The van der Waals surface area contributed by atoms with Gasteiger partial charge in [0, 0.05) is 12.6 Å². The van der Waals surface area contributed by atoms with E-state index in [2.05, 4.69) is 10.6 Å². The van der Waals surface area contributed by atoms with Gasteiger partial charge in [0.05, 0.1) is 5.69 Å². The summed E-state index contributed by atoms with van der Waals surface area (Å²) in [4.78, 5) is 0. The van der Waals surface area contributed by atoms with E-state index in [1.165, 1.54) is 12.1 Å². The zero-order valence-electron chi connectivity index (χ0n) is 10.9. The number of halogens is 2. The predicted molar refractivity (Wildman–Crippen MR) is 80.6 cm³/mol. The molecule has 0 fully saturated rings. The van der Waals surface area contributed by atoms with Crippen LogP contribution >= 0.6 is 12.2 Å². The third-order valence-electron chi connectivity index (χ3n) is 2.88. The lowest BCUT2D eigenvalue weighted by Gasteiger charge is -2.12. The molecule has 0 saturated heterocycles. The standard InChI is InChI=1S/C15H14F2N2S/c1-10-4-2-3-5-11(10)9-18-15(20)19-14-7-6-12(16)8-13(14)17/h2-8H,9H2,1H3,(H2,18,19,20). The summed E-state index contributed by atoms with van der Waals surface area (Å²) in [6, 6.07) is 11.2. The van der Waals surface area contributed by atoms with Crippen molar-refractivity contribution in [2.24, 2.45) is 0 Å². The molecule has 0 spiro atoms. The molecule has 104 valence electrons. The number of rotatable bonds is 3. The minimum Gasteiger partial charge on any atom is -0.358 e. The molecule has 0 aliphatic heterocycles. The fraction of sp³-hybridized carbons (Fsp3) is 0.133. The van der Waals surface area contributed by atoms with E-state index in [1.54, 1.807) is 0 Å². The molecule has 5 heteroatoms. The van der Waals surface area contributed by atoms with E-state index in [9.17, 15) is 8.78 Å². The highest BCUT2D eigenvalue weighted by molar-refractivity contribution is 7.80. The first kappa shape index (κ1) is 14.4. The topological polar surface area (TPSA) is 24.1 Å². The van der Waals surface area contributed by atoms with Gasteiger partial charge in [-0.05, 0) is 42.4 Å². The lowest BCUT2D eigenvalue weighted by Crippen LogP contribution is -2.28. The van der Waals surface area contributed by atoms with Crippen LogP contribution in [0.2, 0.25) is 0 Å². The third kappa shape index (κ3) is 3.74. The summed E-state index contributed by atoms with van der Waals surface area (Å²) >= 11 is 5.09. The Morgan fingerprint density at radius 1 is 1.15 bits per heavy atom. The predicted octanol–water partition coefficient (Wildman–Crippen LogP) is 3.76. The van der Waals surface area contributed by atoms with Crippen LogP contribution < -0.4 is 10.6 Å². The van der Waals surface area contributed by atoms with Crippen LogP contribution in [0.5, 0.6) is 0 Å². The van der Waals surface area contributed by atoms with E-state index in [1.807, 2.05) is 31.2 Å². The van der Waals surface area contributed by atoms with E-state index in [-0.39, 0.29) is 5.69 Å². The summed E-state index contributed by atoms with van der Waals surface area (Å²) in [5, 5.41) is 5.99. The SMILES string of the molecule is Cc1ccccc1CNC(=S)Nc1ccc(F)cc1F. The van der Waals surface area contributed by atoms with Gasteiger partial charge in [-0.25, -0.2) is 8.78 Å². The molecule has 0 saturated carbocycles. The van der Waals surface area contributed by atoms with Crippen LogP contribution in [0.25, 0.3) is 0 Å². The minimum atomic E-state index is -0.676. The number of hydrogen-bond donors (Lipinski definition) is 2. The van der Waals surface area contributed by atoms with E-state index < -0.39 is 11.6 Å². The van der Waals surface area contributed by atoms with Crippen LogP contribution in [0.4, 0.5) is 14.5 Å². The Morgan fingerprint density at radius 2 is 1.90 bits per heavy atom. The van der Waals surface area contributed by atoms with Gasteiger partial charge in [0.2, 0.25) is 0 Å². The molecule has 0 bridgehead atoms. The number of aryl methyl sites for hydroxylation is 1. The summed E-state index contributed by atoms with van der Waals surface area (Å²) in [6.45, 7) is 2.55. The van der Waals surface area contributed by atoms with Crippen LogP contribution in [0.1, 0.15) is 11.1 Å². The molecule has 2 nitrogen and oxygen atoms in total. The quantitative estimate of drug-likeness (QED) is 0.842. The van der Waals surface area contributed by atoms with Gasteiger partial charge < -0.3 is 10.6 Å². The summed E-state index contributed by atoms with van der Waals surface area (Å²) in [5.41, 5.74) is 2.40. The number of anilines is 1. The van der Waals surface area contributed by atoms with Crippen molar-refractivity contribution < 1.29 is 8.78 Å². The maximum absolute atomic E-state index is 13.4. The van der Waals surface area contributed by atoms with Crippen LogP contribution in [0, 0.1) is 18.6 Å². The smallest absolute Gasteiger partial charge is 0.171 e. The zero-order chi connectivity index (χ0) is 14.5. The largest absolute Gasteiger partial charge is 0.358 e. The van der Waals surface area contributed by atoms with Gasteiger partial charge in [-0.15, -0.1) is 0 Å². The summed E-state index contributed by atoms with van der Waals surface area (Å²) in [5.74, 6) is -1.29. The molecule has 0 heterocycles. The Bertz CT molecular complexity index is 629. The summed E-state index contributed by atoms with van der Waals surface area (Å²) in [6.07, 6.45) is 0. The molecule has 0 radical (unpaired) electrons. The van der Waals surface area contributed by atoms with Gasteiger partial charge in [-0.1, -0.05) is 24.3 Å². The molecular formula is C15H14F2N2S. The van der Waals surface area contributed by atoms with Crippen LogP contribution in [0.15, 0.2) is 42.5 Å². The molecule has 2 rings (SSSR count). The van der Waals surface area contributed by atoms with E-state index in [0.29, 0.717) is 11.7 Å².